The lowest BCUT2D eigenvalue weighted by Crippen LogP contribution is -2.39. The van der Waals surface area contributed by atoms with E-state index in [9.17, 15) is 0 Å². The second-order valence-electron chi connectivity index (χ2n) is 5.46. The Morgan fingerprint density at radius 3 is 2.80 bits per heavy atom. The molecule has 0 saturated carbocycles. The number of piperidine rings is 1. The summed E-state index contributed by atoms with van der Waals surface area (Å²) in [5.41, 5.74) is 6.71. The molecule has 1 unspecified atom stereocenters. The van der Waals surface area contributed by atoms with Crippen LogP contribution in [-0.2, 0) is 11.3 Å². The minimum Gasteiger partial charge on any atom is -0.492 e. The van der Waals surface area contributed by atoms with Crippen molar-refractivity contribution >= 4 is 0 Å². The monoisotopic (exact) mass is 278 g/mol. The van der Waals surface area contributed by atoms with E-state index in [2.05, 4.69) is 4.90 Å². The van der Waals surface area contributed by atoms with Crippen LogP contribution in [-0.4, -0.2) is 44.9 Å². The number of likely N-dealkylation sites (tertiary alicyclic amines) is 1. The van der Waals surface area contributed by atoms with E-state index in [1.807, 2.05) is 24.3 Å². The van der Waals surface area contributed by atoms with E-state index in [1.54, 1.807) is 7.11 Å². The second kappa shape index (κ2) is 8.25. The van der Waals surface area contributed by atoms with E-state index >= 15 is 0 Å². The van der Waals surface area contributed by atoms with Crippen molar-refractivity contribution in [3.8, 4) is 5.75 Å². The molecule has 2 rings (SSSR count). The van der Waals surface area contributed by atoms with Crippen LogP contribution in [0.3, 0.4) is 0 Å². The number of methoxy groups -OCH3 is 1. The number of nitrogens with two attached hydrogens (primary N) is 1. The maximum Gasteiger partial charge on any atom is 0.119 e. The van der Waals surface area contributed by atoms with Gasteiger partial charge in [0.15, 0.2) is 0 Å². The predicted molar refractivity (Wildman–Crippen MR) is 80.9 cm³/mol. The minimum atomic E-state index is 0.578. The first-order chi connectivity index (χ1) is 9.81. The van der Waals surface area contributed by atoms with Crippen molar-refractivity contribution in [1.29, 1.82) is 0 Å². The lowest BCUT2D eigenvalue weighted by Gasteiger charge is -2.32. The Morgan fingerprint density at radius 2 is 2.10 bits per heavy atom. The maximum absolute atomic E-state index is 5.79. The summed E-state index contributed by atoms with van der Waals surface area (Å²) in [6.45, 7) is 5.48. The Kier molecular flexibility index (Phi) is 6.30. The maximum atomic E-state index is 5.79. The van der Waals surface area contributed by atoms with Crippen LogP contribution in [0.2, 0.25) is 0 Å². The van der Waals surface area contributed by atoms with Gasteiger partial charge in [-0.15, -0.1) is 0 Å². The molecule has 0 aromatic heterocycles. The van der Waals surface area contributed by atoms with Crippen LogP contribution in [0.1, 0.15) is 18.4 Å². The fraction of sp³-hybridized carbons (Fsp3) is 0.625. The minimum absolute atomic E-state index is 0.578. The molecule has 20 heavy (non-hydrogen) atoms. The van der Waals surface area contributed by atoms with Crippen LogP contribution in [0.5, 0.6) is 5.75 Å². The quantitative estimate of drug-likeness (QED) is 0.827. The highest BCUT2D eigenvalue weighted by Crippen LogP contribution is 2.17. The molecule has 1 aromatic carbocycles. The Labute approximate surface area is 121 Å². The molecule has 1 aliphatic heterocycles. The van der Waals surface area contributed by atoms with Gasteiger partial charge < -0.3 is 15.2 Å². The molecule has 0 bridgehead atoms. The van der Waals surface area contributed by atoms with Crippen LogP contribution in [0.25, 0.3) is 0 Å². The third-order valence-corrected chi connectivity index (χ3v) is 3.84. The van der Waals surface area contributed by atoms with Crippen molar-refractivity contribution in [3.63, 3.8) is 0 Å². The summed E-state index contributed by atoms with van der Waals surface area (Å²) in [5, 5.41) is 0. The van der Waals surface area contributed by atoms with Crippen molar-refractivity contribution in [2.24, 2.45) is 11.7 Å². The second-order valence-corrected chi connectivity index (χ2v) is 5.46. The van der Waals surface area contributed by atoms with E-state index in [1.165, 1.54) is 19.4 Å². The van der Waals surface area contributed by atoms with Gasteiger partial charge in [-0.1, -0.05) is 12.1 Å². The molecular weight excluding hydrogens is 252 g/mol. The number of hydrogen-bond donors (Lipinski definition) is 1. The van der Waals surface area contributed by atoms with Crippen molar-refractivity contribution in [3.05, 3.63) is 29.8 Å². The Balaban J connectivity index is 1.69. The number of benzene rings is 1. The first-order valence-electron chi connectivity index (χ1n) is 7.45. The Bertz CT molecular complexity index is 379. The van der Waals surface area contributed by atoms with Gasteiger partial charge in [-0.3, -0.25) is 4.90 Å². The molecular formula is C16H26N2O2. The van der Waals surface area contributed by atoms with Gasteiger partial charge in [0.1, 0.15) is 12.4 Å². The van der Waals surface area contributed by atoms with Crippen LogP contribution < -0.4 is 10.5 Å². The first kappa shape index (κ1) is 15.3. The van der Waals surface area contributed by atoms with Crippen LogP contribution in [0.4, 0.5) is 0 Å². The zero-order valence-corrected chi connectivity index (χ0v) is 12.4. The van der Waals surface area contributed by atoms with Gasteiger partial charge in [0, 0.05) is 26.7 Å². The summed E-state index contributed by atoms with van der Waals surface area (Å²) in [6.07, 6.45) is 2.55. The third kappa shape index (κ3) is 4.78. The number of hydrogen-bond acceptors (Lipinski definition) is 4. The van der Waals surface area contributed by atoms with Gasteiger partial charge in [-0.05, 0) is 43.0 Å². The molecule has 4 nitrogen and oxygen atoms in total. The molecule has 112 valence electrons. The van der Waals surface area contributed by atoms with Gasteiger partial charge >= 0.3 is 0 Å². The summed E-state index contributed by atoms with van der Waals surface area (Å²) in [7, 11) is 1.78. The molecule has 4 heteroatoms. The standard InChI is InChI=1S/C16H26N2O2/c1-19-13-15-3-2-8-18(12-15)9-10-20-16-6-4-14(11-17)5-7-16/h4-7,15H,2-3,8-13,17H2,1H3. The van der Waals surface area contributed by atoms with E-state index in [-0.39, 0.29) is 0 Å². The molecule has 0 amide bonds. The van der Waals surface area contributed by atoms with Crippen molar-refractivity contribution < 1.29 is 9.47 Å². The van der Waals surface area contributed by atoms with Gasteiger partial charge in [0.05, 0.1) is 6.61 Å². The molecule has 2 N–H and O–H groups in total. The van der Waals surface area contributed by atoms with Crippen LogP contribution in [0.15, 0.2) is 24.3 Å². The number of nitrogens with zero attached hydrogens (tertiary/aromatic N) is 1. The van der Waals surface area contributed by atoms with E-state index in [4.69, 9.17) is 15.2 Å². The van der Waals surface area contributed by atoms with Crippen molar-refractivity contribution in [2.45, 2.75) is 19.4 Å². The largest absolute Gasteiger partial charge is 0.492 e. The first-order valence-corrected chi connectivity index (χ1v) is 7.45. The summed E-state index contributed by atoms with van der Waals surface area (Å²) >= 11 is 0. The molecule has 1 heterocycles. The average Bonchev–Trinajstić information content (AvgIpc) is 2.49. The molecule has 1 saturated heterocycles. The molecule has 1 aromatic rings. The summed E-state index contributed by atoms with van der Waals surface area (Å²) in [4.78, 5) is 2.47. The molecule has 0 spiro atoms. The SMILES string of the molecule is COCC1CCCN(CCOc2ccc(CN)cc2)C1. The molecule has 0 aliphatic carbocycles. The topological polar surface area (TPSA) is 47.7 Å². The van der Waals surface area contributed by atoms with Crippen LogP contribution in [0, 0.1) is 5.92 Å². The molecule has 1 fully saturated rings. The third-order valence-electron chi connectivity index (χ3n) is 3.84. The Morgan fingerprint density at radius 1 is 1.30 bits per heavy atom. The summed E-state index contributed by atoms with van der Waals surface area (Å²) < 4.78 is 11.0. The fourth-order valence-electron chi connectivity index (χ4n) is 2.74. The predicted octanol–water partition coefficient (Wildman–Crippen LogP) is 1.88. The normalized spacial score (nSPS) is 20.0. The van der Waals surface area contributed by atoms with Crippen LogP contribution >= 0.6 is 0 Å². The smallest absolute Gasteiger partial charge is 0.119 e. The van der Waals surface area contributed by atoms with Gasteiger partial charge in [0.2, 0.25) is 0 Å². The van der Waals surface area contributed by atoms with Crippen molar-refractivity contribution in [1.82, 2.24) is 4.90 Å². The summed E-state index contributed by atoms with van der Waals surface area (Å²) in [5.74, 6) is 1.60. The summed E-state index contributed by atoms with van der Waals surface area (Å²) in [6, 6.07) is 8.02. The average molecular weight is 278 g/mol. The Hall–Kier alpha value is -1.10. The highest BCUT2D eigenvalue weighted by molar-refractivity contribution is 5.27. The molecule has 0 radical (unpaired) electrons. The highest BCUT2D eigenvalue weighted by atomic mass is 16.5. The zero-order valence-electron chi connectivity index (χ0n) is 12.4. The fourth-order valence-corrected chi connectivity index (χ4v) is 2.74. The molecule has 1 aliphatic rings. The molecule has 1 atom stereocenters. The number of ether oxygens (including phenoxy) is 2. The lowest BCUT2D eigenvalue weighted by molar-refractivity contribution is 0.0832. The van der Waals surface area contributed by atoms with E-state index in [0.717, 1.165) is 37.6 Å². The van der Waals surface area contributed by atoms with E-state index in [0.29, 0.717) is 12.5 Å². The highest BCUT2D eigenvalue weighted by Gasteiger charge is 2.19. The van der Waals surface area contributed by atoms with Gasteiger partial charge in [-0.25, -0.2) is 0 Å². The van der Waals surface area contributed by atoms with E-state index < -0.39 is 0 Å². The van der Waals surface area contributed by atoms with Gasteiger partial charge in [-0.2, -0.15) is 0 Å². The van der Waals surface area contributed by atoms with Gasteiger partial charge in [0.25, 0.3) is 0 Å². The zero-order chi connectivity index (χ0) is 14.2. The lowest BCUT2D eigenvalue weighted by atomic mass is 9.99. The number of rotatable bonds is 7. The van der Waals surface area contributed by atoms with Crippen molar-refractivity contribution in [2.75, 3.05) is 40.0 Å².